The van der Waals surface area contributed by atoms with Crippen LogP contribution in [0, 0.1) is 5.92 Å². The Morgan fingerprint density at radius 3 is 2.54 bits per heavy atom. The summed E-state index contributed by atoms with van der Waals surface area (Å²) in [5.41, 5.74) is 1.71. The first-order chi connectivity index (χ1) is 19.0. The quantitative estimate of drug-likeness (QED) is 0.400. The lowest BCUT2D eigenvalue weighted by molar-refractivity contribution is 0.0342. The molecule has 0 saturated carbocycles. The van der Waals surface area contributed by atoms with Crippen LogP contribution in [0.1, 0.15) is 35.7 Å². The van der Waals surface area contributed by atoms with Crippen molar-refractivity contribution in [1.29, 1.82) is 0 Å². The van der Waals surface area contributed by atoms with Crippen LogP contribution in [0.15, 0.2) is 60.1 Å². The molecule has 0 bridgehead atoms. The lowest BCUT2D eigenvalue weighted by Gasteiger charge is -2.33. The summed E-state index contributed by atoms with van der Waals surface area (Å²) in [6.45, 7) is 7.72. The average Bonchev–Trinajstić information content (AvgIpc) is 3.48. The second kappa shape index (κ2) is 13.1. The van der Waals surface area contributed by atoms with Gasteiger partial charge in [-0.1, -0.05) is 30.8 Å². The summed E-state index contributed by atoms with van der Waals surface area (Å²) >= 11 is 1.73. The molecule has 0 aliphatic carbocycles. The predicted molar refractivity (Wildman–Crippen MR) is 149 cm³/mol. The monoisotopic (exact) mass is 550 g/mol. The maximum atomic E-state index is 12.7. The third-order valence-corrected chi connectivity index (χ3v) is 8.34. The minimum Gasteiger partial charge on any atom is -0.409 e. The van der Waals surface area contributed by atoms with Gasteiger partial charge < -0.3 is 24.7 Å². The fraction of sp³-hybridized carbons (Fsp3) is 0.429. The van der Waals surface area contributed by atoms with Crippen LogP contribution in [-0.4, -0.2) is 81.4 Å². The molecule has 0 spiro atoms. The number of amides is 2. The fourth-order valence-electron chi connectivity index (χ4n) is 4.79. The van der Waals surface area contributed by atoms with E-state index in [1.807, 2.05) is 30.5 Å². The van der Waals surface area contributed by atoms with Crippen molar-refractivity contribution in [3.63, 3.8) is 0 Å². The van der Waals surface area contributed by atoms with E-state index in [9.17, 15) is 9.59 Å². The Balaban J connectivity index is 1.06. The van der Waals surface area contributed by atoms with E-state index in [0.717, 1.165) is 56.4 Å². The molecule has 2 N–H and O–H groups in total. The summed E-state index contributed by atoms with van der Waals surface area (Å²) in [5.74, 6) is 0.998. The molecular formula is C28H34N6O4S. The van der Waals surface area contributed by atoms with E-state index < -0.39 is 0 Å². The number of pyridine rings is 1. The molecule has 5 rings (SSSR count). The summed E-state index contributed by atoms with van der Waals surface area (Å²) < 4.78 is 10.9. The minimum atomic E-state index is -0.379. The number of carbonyl (C=O) groups is 2. The van der Waals surface area contributed by atoms with Crippen molar-refractivity contribution in [3.05, 3.63) is 66.1 Å². The number of nitrogens with one attached hydrogen (secondary N) is 2. The number of H-pyrrole nitrogens is 1. The van der Waals surface area contributed by atoms with Crippen LogP contribution in [0.4, 0.5) is 10.6 Å². The van der Waals surface area contributed by atoms with E-state index in [-0.39, 0.29) is 12.0 Å². The van der Waals surface area contributed by atoms with Gasteiger partial charge in [0, 0.05) is 55.9 Å². The predicted octanol–water partition coefficient (Wildman–Crippen LogP) is 4.28. The van der Waals surface area contributed by atoms with Crippen LogP contribution in [0.3, 0.4) is 0 Å². The second-order valence-corrected chi connectivity index (χ2v) is 11.2. The Morgan fingerprint density at radius 1 is 1.10 bits per heavy atom. The Morgan fingerprint density at radius 2 is 1.87 bits per heavy atom. The highest BCUT2D eigenvalue weighted by Crippen LogP contribution is 2.32. The zero-order valence-corrected chi connectivity index (χ0v) is 22.9. The standard InChI is InChI=1S/C28H34N6O4S/c1-20(39-27-29-10-11-30-27)22-8-12-34(13-9-22)28(36)38-24-6-7-25(31-18-24)32-26(35)23-4-2-21(3-5-23)19-33-14-16-37-17-15-33/h2-7,10-11,18,20,22H,8-9,12-17,19H2,1H3,(H,29,30)(H,31,32,35). The number of likely N-dealkylation sites (tertiary alicyclic amines) is 1. The minimum absolute atomic E-state index is 0.243. The first kappa shape index (κ1) is 27.2. The average molecular weight is 551 g/mol. The summed E-state index contributed by atoms with van der Waals surface area (Å²) in [6.07, 6.45) is 6.50. The van der Waals surface area contributed by atoms with E-state index in [1.165, 1.54) is 6.20 Å². The van der Waals surface area contributed by atoms with Gasteiger partial charge >= 0.3 is 6.09 Å². The van der Waals surface area contributed by atoms with Crippen LogP contribution in [0.2, 0.25) is 0 Å². The summed E-state index contributed by atoms with van der Waals surface area (Å²) in [6, 6.07) is 10.9. The lowest BCUT2D eigenvalue weighted by Crippen LogP contribution is -2.41. The van der Waals surface area contributed by atoms with Crippen molar-refractivity contribution in [2.75, 3.05) is 44.7 Å². The number of piperidine rings is 1. The number of benzene rings is 1. The molecule has 2 aliphatic heterocycles. The lowest BCUT2D eigenvalue weighted by atomic mass is 9.94. The van der Waals surface area contributed by atoms with Gasteiger partial charge in [-0.3, -0.25) is 9.69 Å². The summed E-state index contributed by atoms with van der Waals surface area (Å²) in [7, 11) is 0. The van der Waals surface area contributed by atoms with Crippen LogP contribution in [0.25, 0.3) is 0 Å². The molecule has 10 nitrogen and oxygen atoms in total. The molecular weight excluding hydrogens is 516 g/mol. The topological polar surface area (TPSA) is 113 Å². The van der Waals surface area contributed by atoms with Gasteiger partial charge in [0.05, 0.1) is 19.4 Å². The SMILES string of the molecule is CC(Sc1ncc[nH]1)C1CCN(C(=O)Oc2ccc(NC(=O)c3ccc(CN4CCOCC4)cc3)nc2)CC1. The number of hydrogen-bond acceptors (Lipinski definition) is 8. The smallest absolute Gasteiger partial charge is 0.409 e. The van der Waals surface area contributed by atoms with E-state index in [1.54, 1.807) is 35.0 Å². The van der Waals surface area contributed by atoms with Gasteiger partial charge in [0.2, 0.25) is 0 Å². The third-order valence-electron chi connectivity index (χ3n) is 7.14. The highest BCUT2D eigenvalue weighted by Gasteiger charge is 2.28. The normalized spacial score (nSPS) is 17.5. The largest absolute Gasteiger partial charge is 0.415 e. The van der Waals surface area contributed by atoms with Gasteiger partial charge in [0.15, 0.2) is 10.9 Å². The Kier molecular flexibility index (Phi) is 9.12. The molecule has 2 aromatic heterocycles. The van der Waals surface area contributed by atoms with Crippen molar-refractivity contribution in [2.45, 2.75) is 36.7 Å². The molecule has 39 heavy (non-hydrogen) atoms. The van der Waals surface area contributed by atoms with Crippen LogP contribution < -0.4 is 10.1 Å². The van der Waals surface area contributed by atoms with Gasteiger partial charge in [0.1, 0.15) is 5.82 Å². The zero-order valence-electron chi connectivity index (χ0n) is 22.0. The molecule has 0 radical (unpaired) electrons. The molecule has 2 aliphatic rings. The van der Waals surface area contributed by atoms with Crippen LogP contribution in [0.5, 0.6) is 5.75 Å². The number of aromatic amines is 1. The van der Waals surface area contributed by atoms with Crippen molar-refractivity contribution in [2.24, 2.45) is 5.92 Å². The van der Waals surface area contributed by atoms with Gasteiger partial charge in [-0.05, 0) is 48.6 Å². The zero-order chi connectivity index (χ0) is 27.0. The maximum Gasteiger partial charge on any atom is 0.415 e. The molecule has 2 fully saturated rings. The van der Waals surface area contributed by atoms with Crippen molar-refractivity contribution >= 4 is 29.6 Å². The van der Waals surface area contributed by atoms with Crippen LogP contribution in [-0.2, 0) is 11.3 Å². The number of hydrogen-bond donors (Lipinski definition) is 2. The first-order valence-electron chi connectivity index (χ1n) is 13.3. The molecule has 3 aromatic rings. The number of aromatic nitrogens is 3. The number of imidazole rings is 1. The third kappa shape index (κ3) is 7.59. The number of anilines is 1. The molecule has 1 aromatic carbocycles. The van der Waals surface area contributed by atoms with Gasteiger partial charge in [-0.25, -0.2) is 14.8 Å². The molecule has 4 heterocycles. The molecule has 1 unspecified atom stereocenters. The maximum absolute atomic E-state index is 12.7. The van der Waals surface area contributed by atoms with E-state index in [2.05, 4.69) is 32.1 Å². The van der Waals surface area contributed by atoms with Crippen LogP contribution >= 0.6 is 11.8 Å². The Labute approximate surface area is 232 Å². The van der Waals surface area contributed by atoms with Gasteiger partial charge in [-0.15, -0.1) is 0 Å². The number of rotatable bonds is 8. The molecule has 1 atom stereocenters. The number of nitrogens with zero attached hydrogens (tertiary/aromatic N) is 4. The van der Waals surface area contributed by atoms with E-state index in [4.69, 9.17) is 9.47 Å². The Hall–Kier alpha value is -3.41. The number of carbonyl (C=O) groups excluding carboxylic acids is 2. The van der Waals surface area contributed by atoms with Crippen molar-refractivity contribution < 1.29 is 19.1 Å². The number of ether oxygens (including phenoxy) is 2. The highest BCUT2D eigenvalue weighted by atomic mass is 32.2. The summed E-state index contributed by atoms with van der Waals surface area (Å²) in [4.78, 5) is 41.1. The Bertz CT molecular complexity index is 1210. The van der Waals surface area contributed by atoms with Gasteiger partial charge in [-0.2, -0.15) is 0 Å². The van der Waals surface area contributed by atoms with Gasteiger partial charge in [0.25, 0.3) is 5.91 Å². The molecule has 11 heteroatoms. The second-order valence-electron chi connectivity index (χ2n) is 9.83. The molecule has 2 amide bonds. The van der Waals surface area contributed by atoms with E-state index >= 15 is 0 Å². The first-order valence-corrected chi connectivity index (χ1v) is 14.2. The van der Waals surface area contributed by atoms with Crippen molar-refractivity contribution in [1.82, 2.24) is 24.8 Å². The summed E-state index contributed by atoms with van der Waals surface area (Å²) in [5, 5.41) is 4.13. The van der Waals surface area contributed by atoms with Crippen molar-refractivity contribution in [3.8, 4) is 5.75 Å². The van der Waals surface area contributed by atoms with E-state index in [0.29, 0.717) is 41.4 Å². The highest BCUT2D eigenvalue weighted by molar-refractivity contribution is 7.99. The number of morpholine rings is 1. The number of thioether (sulfide) groups is 1. The molecule has 2 saturated heterocycles. The molecule has 206 valence electrons. The fourth-order valence-corrected chi connectivity index (χ4v) is 5.86.